The lowest BCUT2D eigenvalue weighted by molar-refractivity contribution is -0.159. The number of hydrogen-bond acceptors (Lipinski definition) is 8. The van der Waals surface area contributed by atoms with Gasteiger partial charge in [0.25, 0.3) is 0 Å². The molecule has 40 heavy (non-hydrogen) atoms. The van der Waals surface area contributed by atoms with Gasteiger partial charge in [0.2, 0.25) is 0 Å². The van der Waals surface area contributed by atoms with Crippen LogP contribution in [0.15, 0.2) is 36.4 Å². The Morgan fingerprint density at radius 1 is 0.625 bits per heavy atom. The molecule has 0 bridgehead atoms. The van der Waals surface area contributed by atoms with Crippen molar-refractivity contribution in [3.8, 4) is 0 Å². The summed E-state index contributed by atoms with van der Waals surface area (Å²) in [7, 11) is 0. The maximum absolute atomic E-state index is 11.9. The van der Waals surface area contributed by atoms with E-state index in [1.165, 1.54) is 0 Å². The van der Waals surface area contributed by atoms with Crippen LogP contribution in [0.4, 0.5) is 21.0 Å². The Labute approximate surface area is 233 Å². The molecule has 0 radical (unpaired) electrons. The van der Waals surface area contributed by atoms with E-state index in [0.29, 0.717) is 26.2 Å². The quantitative estimate of drug-likeness (QED) is 0.270. The first-order valence-electron chi connectivity index (χ1n) is 12.5. The van der Waals surface area contributed by atoms with Crippen LogP contribution in [-0.2, 0) is 45.2 Å². The zero-order chi connectivity index (χ0) is 30.4. The normalized spacial score (nSPS) is 13.6. The van der Waals surface area contributed by atoms with Crippen LogP contribution < -0.4 is 11.5 Å². The highest BCUT2D eigenvalue weighted by Crippen LogP contribution is 2.27. The number of nitrogens with two attached hydrogens (primary N) is 2. The molecule has 0 aliphatic carbocycles. The lowest BCUT2D eigenvalue weighted by Gasteiger charge is -2.24. The molecule has 0 aromatic heterocycles. The van der Waals surface area contributed by atoms with E-state index in [2.05, 4.69) is 0 Å². The number of nitrogens with zero attached hydrogens (tertiary/aromatic N) is 2. The Kier molecular flexibility index (Phi) is 9.98. The van der Waals surface area contributed by atoms with Gasteiger partial charge in [-0.1, -0.05) is 12.1 Å². The summed E-state index contributed by atoms with van der Waals surface area (Å²) >= 11 is 0. The van der Waals surface area contributed by atoms with Crippen LogP contribution in [-0.4, -0.2) is 55.3 Å². The van der Waals surface area contributed by atoms with Crippen LogP contribution in [0.2, 0.25) is 0 Å². The highest BCUT2D eigenvalue weighted by atomic mass is 16.6. The number of fused-ring (bicyclic) bond motifs is 2. The third-order valence-corrected chi connectivity index (χ3v) is 5.39. The fraction of sp³-hybridized carbons (Fsp3) is 0.429. The maximum atomic E-state index is 11.9. The maximum Gasteiger partial charge on any atom is 0.414 e. The second-order valence-electron chi connectivity index (χ2n) is 11.3. The molecule has 0 atom stereocenters. The van der Waals surface area contributed by atoms with Crippen molar-refractivity contribution < 1.29 is 38.9 Å². The zero-order valence-corrected chi connectivity index (χ0v) is 23.7. The van der Waals surface area contributed by atoms with E-state index in [0.717, 1.165) is 33.6 Å². The van der Waals surface area contributed by atoms with Crippen LogP contribution in [0.1, 0.15) is 63.8 Å². The first kappa shape index (κ1) is 31.7. The molecule has 2 aromatic rings. The summed E-state index contributed by atoms with van der Waals surface area (Å²) in [5, 5.41) is 14.8. The third-order valence-electron chi connectivity index (χ3n) is 5.39. The molecule has 12 nitrogen and oxygen atoms in total. The second kappa shape index (κ2) is 12.6. The summed E-state index contributed by atoms with van der Waals surface area (Å²) in [5.74, 6) is -3.65. The van der Waals surface area contributed by atoms with Gasteiger partial charge in [-0.15, -0.1) is 0 Å². The molecule has 0 spiro atoms. The lowest BCUT2D eigenvalue weighted by Crippen LogP contribution is -2.33. The number of anilines is 2. The molecule has 2 aliphatic heterocycles. The summed E-state index contributed by atoms with van der Waals surface area (Å²) < 4.78 is 10.7. The van der Waals surface area contributed by atoms with Crippen molar-refractivity contribution in [2.24, 2.45) is 0 Å². The van der Waals surface area contributed by atoms with Crippen LogP contribution in [0.5, 0.6) is 0 Å². The molecule has 2 aromatic carbocycles. The lowest BCUT2D eigenvalue weighted by atomic mass is 10.1. The average molecular weight is 559 g/mol. The van der Waals surface area contributed by atoms with Crippen LogP contribution >= 0.6 is 0 Å². The van der Waals surface area contributed by atoms with Crippen molar-refractivity contribution in [1.29, 1.82) is 0 Å². The number of rotatable bonds is 0. The van der Waals surface area contributed by atoms with Crippen molar-refractivity contribution in [2.45, 2.75) is 78.9 Å². The Bertz CT molecular complexity index is 1170. The number of carbonyl (C=O) groups is 4. The molecule has 2 heterocycles. The Morgan fingerprint density at radius 2 is 0.925 bits per heavy atom. The molecule has 0 saturated carbocycles. The van der Waals surface area contributed by atoms with E-state index in [1.54, 1.807) is 9.80 Å². The van der Waals surface area contributed by atoms with Crippen molar-refractivity contribution in [2.75, 3.05) is 11.5 Å². The van der Waals surface area contributed by atoms with E-state index < -0.39 is 23.1 Å². The molecule has 0 saturated heterocycles. The van der Waals surface area contributed by atoms with Crippen molar-refractivity contribution in [3.05, 3.63) is 58.7 Å². The molecule has 0 fully saturated rings. The number of nitrogen functional groups attached to an aromatic ring is 2. The third kappa shape index (κ3) is 10.0. The van der Waals surface area contributed by atoms with Gasteiger partial charge in [-0.05, 0) is 88.1 Å². The van der Waals surface area contributed by atoms with Gasteiger partial charge in [-0.25, -0.2) is 19.2 Å². The number of ether oxygens (including phenoxy) is 2. The molecular formula is C28H38N4O8. The number of carbonyl (C=O) groups excluding carboxylic acids is 2. The summed E-state index contributed by atoms with van der Waals surface area (Å²) in [4.78, 5) is 45.4. The topological polar surface area (TPSA) is 186 Å². The largest absolute Gasteiger partial charge is 0.473 e. The monoisotopic (exact) mass is 558 g/mol. The van der Waals surface area contributed by atoms with Gasteiger partial charge >= 0.3 is 24.1 Å². The molecule has 4 rings (SSSR count). The van der Waals surface area contributed by atoms with Gasteiger partial charge in [-0.2, -0.15) is 0 Å². The molecule has 12 heteroatoms. The van der Waals surface area contributed by atoms with E-state index in [1.807, 2.05) is 77.9 Å². The van der Waals surface area contributed by atoms with E-state index >= 15 is 0 Å². The minimum absolute atomic E-state index is 0.271. The average Bonchev–Trinajstić information content (AvgIpc) is 3.41. The SMILES string of the molecule is CC(C)(C)OC(=O)N1Cc2ccc(N)cc2C1.CC(C)(C)OC(=O)N1Cc2ccc(N)cc2C1.O=C(O)C(=O)O. The van der Waals surface area contributed by atoms with Crippen LogP contribution in [0.25, 0.3) is 0 Å². The fourth-order valence-electron chi connectivity index (χ4n) is 3.74. The number of carboxylic acid groups (broad SMARTS) is 2. The minimum atomic E-state index is -1.82. The first-order chi connectivity index (χ1) is 18.3. The number of hydrogen-bond donors (Lipinski definition) is 4. The predicted octanol–water partition coefficient (Wildman–Crippen LogP) is 4.19. The molecular weight excluding hydrogens is 520 g/mol. The van der Waals surface area contributed by atoms with Gasteiger partial charge in [0.05, 0.1) is 0 Å². The zero-order valence-electron chi connectivity index (χ0n) is 23.7. The molecule has 218 valence electrons. The van der Waals surface area contributed by atoms with Crippen LogP contribution in [0, 0.1) is 0 Å². The molecule has 0 unspecified atom stereocenters. The molecule has 6 N–H and O–H groups in total. The summed E-state index contributed by atoms with van der Waals surface area (Å²) in [6.07, 6.45) is -0.542. The van der Waals surface area contributed by atoms with Crippen LogP contribution in [0.3, 0.4) is 0 Å². The second-order valence-corrected chi connectivity index (χ2v) is 11.3. The predicted molar refractivity (Wildman–Crippen MR) is 148 cm³/mol. The van der Waals surface area contributed by atoms with Gasteiger partial charge in [-0.3, -0.25) is 9.80 Å². The first-order valence-corrected chi connectivity index (χ1v) is 12.5. The molecule has 2 aliphatic rings. The van der Waals surface area contributed by atoms with Crippen molar-refractivity contribution >= 4 is 35.5 Å². The van der Waals surface area contributed by atoms with Gasteiger partial charge in [0, 0.05) is 37.6 Å². The minimum Gasteiger partial charge on any atom is -0.473 e. The van der Waals surface area contributed by atoms with E-state index in [4.69, 9.17) is 40.7 Å². The standard InChI is InChI=1S/2C13H18N2O2.C2H2O4/c2*1-13(2,3)17-12(16)15-7-9-4-5-11(14)6-10(9)8-15;3-1(4)2(5)6/h2*4-6H,7-8,14H2,1-3H3;(H,3,4)(H,5,6). The van der Waals surface area contributed by atoms with E-state index in [9.17, 15) is 9.59 Å². The Morgan fingerprint density at radius 3 is 1.20 bits per heavy atom. The van der Waals surface area contributed by atoms with E-state index in [-0.39, 0.29) is 12.2 Å². The van der Waals surface area contributed by atoms with Crippen molar-refractivity contribution in [3.63, 3.8) is 0 Å². The summed E-state index contributed by atoms with van der Waals surface area (Å²) in [6, 6.07) is 11.5. The van der Waals surface area contributed by atoms with Gasteiger partial charge in [0.15, 0.2) is 0 Å². The van der Waals surface area contributed by atoms with Gasteiger partial charge in [0.1, 0.15) is 11.2 Å². The number of aliphatic carboxylic acids is 2. The summed E-state index contributed by atoms with van der Waals surface area (Å²) in [5.41, 5.74) is 16.5. The Hall–Kier alpha value is -4.48. The molecule has 2 amide bonds. The number of benzene rings is 2. The highest BCUT2D eigenvalue weighted by Gasteiger charge is 2.28. The van der Waals surface area contributed by atoms with Gasteiger partial charge < -0.3 is 31.2 Å². The number of amides is 2. The smallest absolute Gasteiger partial charge is 0.414 e. The highest BCUT2D eigenvalue weighted by molar-refractivity contribution is 6.27. The number of carboxylic acids is 2. The fourth-order valence-corrected chi connectivity index (χ4v) is 3.74. The van der Waals surface area contributed by atoms with Crippen molar-refractivity contribution in [1.82, 2.24) is 9.80 Å². The Balaban J connectivity index is 0.000000234. The summed E-state index contributed by atoms with van der Waals surface area (Å²) in [6.45, 7) is 13.6.